The molecule has 0 radical (unpaired) electrons. The summed E-state index contributed by atoms with van der Waals surface area (Å²) in [5.74, 6) is 0. The van der Waals surface area contributed by atoms with Crippen molar-refractivity contribution in [2.75, 3.05) is 6.54 Å². The standard InChI is InChI=1S/C16H27NOS/c1-4-9-17-14-11-15(16(14,5-2)6-3)18-12-13-8-7-10-19-13/h7-8,10,14-15,17H,4-6,9,11-12H2,1-3H3. The molecule has 1 aliphatic rings. The normalized spacial score (nSPS) is 25.2. The van der Waals surface area contributed by atoms with Crippen LogP contribution in [0.4, 0.5) is 0 Å². The van der Waals surface area contributed by atoms with Crippen LogP contribution in [-0.4, -0.2) is 18.7 Å². The molecule has 2 unspecified atom stereocenters. The van der Waals surface area contributed by atoms with Gasteiger partial charge < -0.3 is 10.1 Å². The van der Waals surface area contributed by atoms with Gasteiger partial charge in [0.05, 0.1) is 12.7 Å². The second kappa shape index (κ2) is 6.87. The summed E-state index contributed by atoms with van der Waals surface area (Å²) < 4.78 is 6.20. The summed E-state index contributed by atoms with van der Waals surface area (Å²) in [4.78, 5) is 1.34. The highest BCUT2D eigenvalue weighted by Gasteiger charge is 2.52. The van der Waals surface area contributed by atoms with Gasteiger partial charge in [-0.25, -0.2) is 0 Å². The van der Waals surface area contributed by atoms with Gasteiger partial charge in [-0.2, -0.15) is 0 Å². The maximum Gasteiger partial charge on any atom is 0.0813 e. The molecule has 0 aliphatic heterocycles. The topological polar surface area (TPSA) is 21.3 Å². The molecule has 1 heterocycles. The van der Waals surface area contributed by atoms with Crippen LogP contribution in [-0.2, 0) is 11.3 Å². The van der Waals surface area contributed by atoms with E-state index in [1.807, 2.05) is 0 Å². The number of rotatable bonds is 8. The Morgan fingerprint density at radius 3 is 2.74 bits per heavy atom. The molecule has 1 fully saturated rings. The molecule has 1 saturated carbocycles. The third-order valence-corrected chi connectivity index (χ3v) is 5.60. The highest BCUT2D eigenvalue weighted by Crippen LogP contribution is 2.49. The summed E-state index contributed by atoms with van der Waals surface area (Å²) in [6.07, 6.45) is 5.23. The van der Waals surface area contributed by atoms with Crippen LogP contribution >= 0.6 is 11.3 Å². The van der Waals surface area contributed by atoms with Gasteiger partial charge in [0.1, 0.15) is 0 Å². The molecule has 1 aromatic heterocycles. The maximum absolute atomic E-state index is 6.20. The third kappa shape index (κ3) is 3.04. The first-order valence-corrected chi connectivity index (χ1v) is 8.52. The maximum atomic E-state index is 6.20. The van der Waals surface area contributed by atoms with E-state index in [0.29, 0.717) is 17.6 Å². The molecule has 0 spiro atoms. The smallest absolute Gasteiger partial charge is 0.0813 e. The number of nitrogens with one attached hydrogen (secondary N) is 1. The molecule has 0 bridgehead atoms. The van der Waals surface area contributed by atoms with E-state index in [4.69, 9.17) is 4.74 Å². The fourth-order valence-electron chi connectivity index (χ4n) is 3.36. The lowest BCUT2D eigenvalue weighted by Gasteiger charge is -2.55. The molecular formula is C16H27NOS. The van der Waals surface area contributed by atoms with Crippen LogP contribution in [0.2, 0.25) is 0 Å². The van der Waals surface area contributed by atoms with Crippen molar-refractivity contribution in [3.05, 3.63) is 22.4 Å². The van der Waals surface area contributed by atoms with E-state index < -0.39 is 0 Å². The lowest BCUT2D eigenvalue weighted by molar-refractivity contribution is -0.146. The SMILES string of the molecule is CCCNC1CC(OCc2cccs2)C1(CC)CC. The Morgan fingerprint density at radius 2 is 2.16 bits per heavy atom. The first kappa shape index (κ1) is 15.0. The average molecular weight is 281 g/mol. The van der Waals surface area contributed by atoms with Gasteiger partial charge in [0.2, 0.25) is 0 Å². The van der Waals surface area contributed by atoms with Crippen molar-refractivity contribution in [3.63, 3.8) is 0 Å². The van der Waals surface area contributed by atoms with Gasteiger partial charge in [-0.3, -0.25) is 0 Å². The molecule has 3 heteroatoms. The molecule has 0 amide bonds. The van der Waals surface area contributed by atoms with Gasteiger partial charge in [0.15, 0.2) is 0 Å². The Hall–Kier alpha value is -0.380. The van der Waals surface area contributed by atoms with Crippen molar-refractivity contribution in [3.8, 4) is 0 Å². The molecule has 0 saturated heterocycles. The minimum absolute atomic E-state index is 0.354. The summed E-state index contributed by atoms with van der Waals surface area (Å²) >= 11 is 1.79. The van der Waals surface area contributed by atoms with Crippen molar-refractivity contribution >= 4 is 11.3 Å². The molecule has 2 nitrogen and oxygen atoms in total. The Balaban J connectivity index is 1.90. The molecule has 2 atom stereocenters. The van der Waals surface area contributed by atoms with Gasteiger partial charge in [-0.1, -0.05) is 26.8 Å². The highest BCUT2D eigenvalue weighted by molar-refractivity contribution is 7.09. The Morgan fingerprint density at radius 1 is 1.37 bits per heavy atom. The predicted octanol–water partition coefficient (Wildman–Crippen LogP) is 4.21. The number of hydrogen-bond acceptors (Lipinski definition) is 3. The molecule has 0 aromatic carbocycles. The summed E-state index contributed by atoms with van der Waals surface area (Å²) in [7, 11) is 0. The number of hydrogen-bond donors (Lipinski definition) is 1. The zero-order chi connectivity index (χ0) is 13.7. The molecule has 2 rings (SSSR count). The van der Waals surface area contributed by atoms with Crippen molar-refractivity contribution in [1.29, 1.82) is 0 Å². The van der Waals surface area contributed by atoms with Crippen LogP contribution < -0.4 is 5.32 Å². The van der Waals surface area contributed by atoms with E-state index in [9.17, 15) is 0 Å². The van der Waals surface area contributed by atoms with E-state index in [1.54, 1.807) is 11.3 Å². The summed E-state index contributed by atoms with van der Waals surface area (Å²) in [5.41, 5.74) is 0.354. The van der Waals surface area contributed by atoms with Crippen LogP contribution in [0, 0.1) is 5.41 Å². The van der Waals surface area contributed by atoms with Crippen LogP contribution in [0.5, 0.6) is 0 Å². The van der Waals surface area contributed by atoms with Crippen molar-refractivity contribution in [2.24, 2.45) is 5.41 Å². The summed E-state index contributed by atoms with van der Waals surface area (Å²) in [6.45, 7) is 8.76. The Labute approximate surface area is 121 Å². The zero-order valence-corrected chi connectivity index (χ0v) is 13.3. The second-order valence-electron chi connectivity index (χ2n) is 5.56. The van der Waals surface area contributed by atoms with E-state index in [0.717, 1.165) is 13.2 Å². The van der Waals surface area contributed by atoms with Crippen LogP contribution in [0.15, 0.2) is 17.5 Å². The van der Waals surface area contributed by atoms with Crippen LogP contribution in [0.1, 0.15) is 51.3 Å². The van der Waals surface area contributed by atoms with Crippen LogP contribution in [0.3, 0.4) is 0 Å². The van der Waals surface area contributed by atoms with E-state index in [-0.39, 0.29) is 0 Å². The minimum atomic E-state index is 0.354. The van der Waals surface area contributed by atoms with Gasteiger partial charge in [-0.15, -0.1) is 11.3 Å². The first-order chi connectivity index (χ1) is 9.26. The molecule has 19 heavy (non-hydrogen) atoms. The molecule has 1 N–H and O–H groups in total. The van der Waals surface area contributed by atoms with Gasteiger partial charge in [0, 0.05) is 16.3 Å². The van der Waals surface area contributed by atoms with Crippen LogP contribution in [0.25, 0.3) is 0 Å². The fourth-order valence-corrected chi connectivity index (χ4v) is 3.99. The van der Waals surface area contributed by atoms with Gasteiger partial charge in [0.25, 0.3) is 0 Å². The van der Waals surface area contributed by atoms with E-state index in [2.05, 4.69) is 43.6 Å². The monoisotopic (exact) mass is 281 g/mol. The highest BCUT2D eigenvalue weighted by atomic mass is 32.1. The molecule has 1 aromatic rings. The third-order valence-electron chi connectivity index (χ3n) is 4.75. The van der Waals surface area contributed by atoms with Crippen molar-refractivity contribution in [2.45, 2.75) is 65.2 Å². The Bertz CT molecular complexity index is 359. The van der Waals surface area contributed by atoms with Crippen molar-refractivity contribution < 1.29 is 4.74 Å². The molecule has 108 valence electrons. The Kier molecular flexibility index (Phi) is 5.43. The zero-order valence-electron chi connectivity index (χ0n) is 12.4. The van der Waals surface area contributed by atoms with E-state index in [1.165, 1.54) is 30.6 Å². The minimum Gasteiger partial charge on any atom is -0.372 e. The number of ether oxygens (including phenoxy) is 1. The quantitative estimate of drug-likeness (QED) is 0.770. The lowest BCUT2D eigenvalue weighted by Crippen LogP contribution is -2.63. The van der Waals surface area contributed by atoms with Gasteiger partial charge >= 0.3 is 0 Å². The predicted molar refractivity (Wildman–Crippen MR) is 82.6 cm³/mol. The largest absolute Gasteiger partial charge is 0.372 e. The van der Waals surface area contributed by atoms with E-state index >= 15 is 0 Å². The number of thiophene rings is 1. The molecule has 1 aliphatic carbocycles. The summed E-state index contributed by atoms with van der Waals surface area (Å²) in [6, 6.07) is 4.91. The average Bonchev–Trinajstić information content (AvgIpc) is 2.92. The first-order valence-electron chi connectivity index (χ1n) is 7.64. The fraction of sp³-hybridized carbons (Fsp3) is 0.750. The van der Waals surface area contributed by atoms with Gasteiger partial charge in [-0.05, 0) is 43.7 Å². The summed E-state index contributed by atoms with van der Waals surface area (Å²) in [5, 5.41) is 5.83. The molecular weight excluding hydrogens is 254 g/mol. The lowest BCUT2D eigenvalue weighted by atomic mass is 9.58. The van der Waals surface area contributed by atoms with Crippen molar-refractivity contribution in [1.82, 2.24) is 5.32 Å². The second-order valence-corrected chi connectivity index (χ2v) is 6.59.